The number of phenols is 2. The maximum absolute atomic E-state index is 13.1. The fourth-order valence-electron chi connectivity index (χ4n) is 4.33. The monoisotopic (exact) mass is 563 g/mol. The second-order valence-electron chi connectivity index (χ2n) is 8.88. The highest BCUT2D eigenvalue weighted by Gasteiger charge is 2.40. The molecule has 35 heavy (non-hydrogen) atoms. The summed E-state index contributed by atoms with van der Waals surface area (Å²) in [6, 6.07) is 9.04. The van der Waals surface area contributed by atoms with Gasteiger partial charge in [-0.25, -0.2) is 8.42 Å². The number of anilines is 1. The number of carbonyl (C=O) groups is 1. The summed E-state index contributed by atoms with van der Waals surface area (Å²) in [5.74, 6) is -1.65. The van der Waals surface area contributed by atoms with E-state index in [1.54, 1.807) is 0 Å². The third-order valence-electron chi connectivity index (χ3n) is 6.55. The summed E-state index contributed by atoms with van der Waals surface area (Å²) < 4.78 is 34.5. The van der Waals surface area contributed by atoms with Crippen molar-refractivity contribution in [3.8, 4) is 17.6 Å². The lowest BCUT2D eigenvalue weighted by atomic mass is 9.65. The van der Waals surface area contributed by atoms with Gasteiger partial charge in [0.2, 0.25) is 0 Å². The molecular formula is C24H26BrN3O6S. The van der Waals surface area contributed by atoms with Crippen LogP contribution in [0, 0.1) is 11.3 Å². The van der Waals surface area contributed by atoms with Crippen LogP contribution in [0.4, 0.5) is 5.69 Å². The molecule has 4 N–H and O–H groups in total. The normalized spacial score (nSPS) is 19.3. The average Bonchev–Trinajstić information content (AvgIpc) is 2.81. The van der Waals surface area contributed by atoms with Crippen LogP contribution in [-0.2, 0) is 20.2 Å². The van der Waals surface area contributed by atoms with Crippen LogP contribution in [-0.4, -0.2) is 43.8 Å². The number of nitrogens with one attached hydrogen (secondary N) is 2. The number of nitriles is 1. The highest BCUT2D eigenvalue weighted by molar-refractivity contribution is 9.10. The van der Waals surface area contributed by atoms with Crippen LogP contribution in [0.25, 0.3) is 0 Å². The van der Waals surface area contributed by atoms with Crippen molar-refractivity contribution >= 4 is 37.5 Å². The number of sulfonamides is 1. The fourth-order valence-corrected chi connectivity index (χ4v) is 6.02. The molecule has 2 aromatic carbocycles. The van der Waals surface area contributed by atoms with Crippen LogP contribution in [0.5, 0.6) is 11.5 Å². The van der Waals surface area contributed by atoms with E-state index in [-0.39, 0.29) is 23.9 Å². The predicted octanol–water partition coefficient (Wildman–Crippen LogP) is 3.91. The van der Waals surface area contributed by atoms with Gasteiger partial charge in [-0.15, -0.1) is 0 Å². The van der Waals surface area contributed by atoms with Gasteiger partial charge in [-0.3, -0.25) is 9.52 Å². The van der Waals surface area contributed by atoms with E-state index >= 15 is 0 Å². The first-order valence-corrected chi connectivity index (χ1v) is 13.6. The molecule has 11 heteroatoms. The number of carbonyl (C=O) groups excluding carboxylic acids is 1. The van der Waals surface area contributed by atoms with Gasteiger partial charge >= 0.3 is 0 Å². The summed E-state index contributed by atoms with van der Waals surface area (Å²) in [6.07, 6.45) is 4.59. The van der Waals surface area contributed by atoms with Crippen molar-refractivity contribution in [2.75, 3.05) is 17.9 Å². The predicted molar refractivity (Wildman–Crippen MR) is 132 cm³/mol. The maximum Gasteiger partial charge on any atom is 0.265 e. The maximum atomic E-state index is 13.1. The molecule has 9 nitrogen and oxygen atoms in total. The van der Waals surface area contributed by atoms with Crippen molar-refractivity contribution in [3.63, 3.8) is 0 Å². The van der Waals surface area contributed by atoms with E-state index in [9.17, 15) is 28.7 Å². The molecule has 2 fully saturated rings. The number of halogens is 1. The molecule has 1 amide bonds. The van der Waals surface area contributed by atoms with Crippen LogP contribution >= 0.6 is 15.9 Å². The van der Waals surface area contributed by atoms with Gasteiger partial charge in [0.1, 0.15) is 10.6 Å². The van der Waals surface area contributed by atoms with Gasteiger partial charge in [0, 0.05) is 17.6 Å². The van der Waals surface area contributed by atoms with Crippen molar-refractivity contribution in [2.45, 2.75) is 54.9 Å². The number of nitrogens with zero attached hydrogens (tertiary/aromatic N) is 1. The minimum absolute atomic E-state index is 0.132. The van der Waals surface area contributed by atoms with E-state index in [2.05, 4.69) is 32.0 Å². The van der Waals surface area contributed by atoms with Crippen molar-refractivity contribution in [1.29, 1.82) is 5.26 Å². The summed E-state index contributed by atoms with van der Waals surface area (Å²) in [5.41, 5.74) is -0.814. The SMILES string of the molecule is N#CC1(c2cc(NS(=O)(=O)c3cc(Br)ccc3O)c(O)c(C(=O)NCC3CCCCO3)c2)CCC1. The van der Waals surface area contributed by atoms with Gasteiger partial charge in [0.15, 0.2) is 5.75 Å². The molecule has 0 bridgehead atoms. The zero-order valence-corrected chi connectivity index (χ0v) is 21.3. The Hall–Kier alpha value is -2.81. The third kappa shape index (κ3) is 5.24. The number of rotatable bonds is 7. The molecule has 0 radical (unpaired) electrons. The first-order valence-electron chi connectivity index (χ1n) is 11.3. The molecule has 0 spiro atoms. The molecule has 186 valence electrons. The largest absolute Gasteiger partial charge is 0.507 e. The first kappa shape index (κ1) is 25.3. The van der Waals surface area contributed by atoms with Crippen molar-refractivity contribution in [3.05, 3.63) is 45.9 Å². The summed E-state index contributed by atoms with van der Waals surface area (Å²) in [6.45, 7) is 0.874. The van der Waals surface area contributed by atoms with Gasteiger partial charge in [0.05, 0.1) is 28.8 Å². The second kappa shape index (κ2) is 10.0. The minimum Gasteiger partial charge on any atom is -0.507 e. The van der Waals surface area contributed by atoms with E-state index in [0.717, 1.165) is 25.7 Å². The van der Waals surface area contributed by atoms with Crippen LogP contribution in [0.1, 0.15) is 54.4 Å². The van der Waals surface area contributed by atoms with Crippen molar-refractivity contribution in [1.82, 2.24) is 5.32 Å². The van der Waals surface area contributed by atoms with Crippen LogP contribution in [0.3, 0.4) is 0 Å². The number of hydrogen-bond acceptors (Lipinski definition) is 7. The number of hydrogen-bond donors (Lipinski definition) is 4. The second-order valence-corrected chi connectivity index (χ2v) is 11.5. The standard InChI is InChI=1S/C24H26BrN3O6S/c25-16-5-6-20(29)21(12-16)35(32,33)28-19-11-15(24(14-26)7-3-8-24)10-18(22(19)30)23(31)27-13-17-4-1-2-9-34-17/h5-6,10-12,17,28-30H,1-4,7-9,13H2,(H,27,31). The molecule has 4 rings (SSSR count). The molecular weight excluding hydrogens is 538 g/mol. The van der Waals surface area contributed by atoms with E-state index in [4.69, 9.17) is 4.74 Å². The van der Waals surface area contributed by atoms with E-state index in [1.807, 2.05) is 0 Å². The van der Waals surface area contributed by atoms with E-state index in [1.165, 1.54) is 30.3 Å². The number of phenolic OH excluding ortho intramolecular Hbond substituents is 2. The molecule has 1 heterocycles. The molecule has 2 aromatic rings. The van der Waals surface area contributed by atoms with Gasteiger partial charge in [0.25, 0.3) is 15.9 Å². The molecule has 1 saturated carbocycles. The Morgan fingerprint density at radius 3 is 2.60 bits per heavy atom. The lowest BCUT2D eigenvalue weighted by Gasteiger charge is -2.36. The number of ether oxygens (including phenoxy) is 1. The quantitative estimate of drug-likeness (QED) is 0.373. The van der Waals surface area contributed by atoms with Crippen LogP contribution in [0.2, 0.25) is 0 Å². The molecule has 1 aliphatic heterocycles. The van der Waals surface area contributed by atoms with Gasteiger partial charge in [-0.05, 0) is 74.4 Å². The summed E-state index contributed by atoms with van der Waals surface area (Å²) >= 11 is 3.18. The molecule has 1 unspecified atom stereocenters. The number of benzene rings is 2. The first-order chi connectivity index (χ1) is 16.6. The smallest absolute Gasteiger partial charge is 0.265 e. The molecule has 0 aromatic heterocycles. The summed E-state index contributed by atoms with van der Waals surface area (Å²) in [4.78, 5) is 12.6. The summed E-state index contributed by atoms with van der Waals surface area (Å²) in [7, 11) is -4.34. The van der Waals surface area contributed by atoms with E-state index in [0.29, 0.717) is 29.5 Å². The highest BCUT2D eigenvalue weighted by atomic mass is 79.9. The average molecular weight is 564 g/mol. The lowest BCUT2D eigenvalue weighted by Crippen LogP contribution is -2.36. The Morgan fingerprint density at radius 1 is 1.20 bits per heavy atom. The third-order valence-corrected chi connectivity index (χ3v) is 8.44. The topological polar surface area (TPSA) is 149 Å². The highest BCUT2D eigenvalue weighted by Crippen LogP contribution is 2.46. The van der Waals surface area contributed by atoms with E-state index < -0.39 is 37.7 Å². The van der Waals surface area contributed by atoms with Crippen molar-refractivity contribution < 1.29 is 28.2 Å². The lowest BCUT2D eigenvalue weighted by molar-refractivity contribution is 0.0169. The number of aromatic hydroxyl groups is 2. The van der Waals surface area contributed by atoms with Crippen LogP contribution in [0.15, 0.2) is 39.7 Å². The molecule has 1 aliphatic carbocycles. The van der Waals surface area contributed by atoms with Crippen molar-refractivity contribution in [2.24, 2.45) is 0 Å². The molecule has 1 saturated heterocycles. The Bertz CT molecular complexity index is 1280. The van der Waals surface area contributed by atoms with Gasteiger partial charge in [-0.1, -0.05) is 15.9 Å². The zero-order chi connectivity index (χ0) is 25.2. The molecule has 2 aliphatic rings. The Balaban J connectivity index is 1.70. The Morgan fingerprint density at radius 2 is 1.97 bits per heavy atom. The molecule has 1 atom stereocenters. The Labute approximate surface area is 212 Å². The van der Waals surface area contributed by atoms with Gasteiger partial charge < -0.3 is 20.3 Å². The zero-order valence-electron chi connectivity index (χ0n) is 18.9. The fraction of sp³-hybridized carbons (Fsp3) is 0.417. The van der Waals surface area contributed by atoms with Gasteiger partial charge in [-0.2, -0.15) is 5.26 Å². The Kier molecular flexibility index (Phi) is 7.26. The van der Waals surface area contributed by atoms with Crippen LogP contribution < -0.4 is 10.0 Å². The number of amides is 1. The summed E-state index contributed by atoms with van der Waals surface area (Å²) in [5, 5.41) is 33.6. The minimum atomic E-state index is -4.34.